The molecule has 1 aliphatic heterocycles. The van der Waals surface area contributed by atoms with Crippen LogP contribution in [0.15, 0.2) is 24.3 Å². The van der Waals surface area contributed by atoms with Gasteiger partial charge in [0.2, 0.25) is 5.91 Å². The molecule has 3 rings (SSSR count). The third-order valence-corrected chi connectivity index (χ3v) is 5.56. The molecule has 2 aliphatic rings. The number of piperazine rings is 1. The van der Waals surface area contributed by atoms with Gasteiger partial charge in [0.25, 0.3) is 0 Å². The van der Waals surface area contributed by atoms with Gasteiger partial charge in [-0.2, -0.15) is 0 Å². The molecule has 2 atom stereocenters. The van der Waals surface area contributed by atoms with E-state index in [-0.39, 0.29) is 5.91 Å². The third-order valence-electron chi connectivity index (χ3n) is 5.56. The number of amides is 1. The van der Waals surface area contributed by atoms with Gasteiger partial charge in [0, 0.05) is 63.0 Å². The Labute approximate surface area is 158 Å². The van der Waals surface area contributed by atoms with Crippen molar-refractivity contribution in [3.05, 3.63) is 29.8 Å². The average Bonchev–Trinajstić information content (AvgIpc) is 2.62. The lowest BCUT2D eigenvalue weighted by atomic mass is 9.85. The number of aryl methyl sites for hydroxylation is 1. The molecule has 2 fully saturated rings. The van der Waals surface area contributed by atoms with E-state index in [9.17, 15) is 4.79 Å². The predicted molar refractivity (Wildman–Crippen MR) is 108 cm³/mol. The minimum Gasteiger partial charge on any atom is -0.369 e. The SMILES string of the molecule is Cc1cccc(N2CCN(CCC(=O)N[C@@H]3CC[C@@H]3NC(C)C)CC2)c1. The Balaban J connectivity index is 1.35. The zero-order chi connectivity index (χ0) is 18.5. The first-order valence-corrected chi connectivity index (χ1v) is 10.1. The van der Waals surface area contributed by atoms with Gasteiger partial charge in [0.05, 0.1) is 0 Å². The molecule has 1 amide bonds. The zero-order valence-electron chi connectivity index (χ0n) is 16.5. The van der Waals surface area contributed by atoms with Gasteiger partial charge >= 0.3 is 0 Å². The van der Waals surface area contributed by atoms with Crippen LogP contribution in [-0.2, 0) is 4.79 Å². The number of nitrogens with one attached hydrogen (secondary N) is 2. The first kappa shape index (κ1) is 19.2. The Bertz CT molecular complexity index is 595. The van der Waals surface area contributed by atoms with Crippen molar-refractivity contribution < 1.29 is 4.79 Å². The molecular weight excluding hydrogens is 324 g/mol. The van der Waals surface area contributed by atoms with Gasteiger partial charge in [-0.1, -0.05) is 26.0 Å². The van der Waals surface area contributed by atoms with E-state index in [0.717, 1.165) is 39.1 Å². The Kier molecular flexibility index (Phi) is 6.54. The van der Waals surface area contributed by atoms with E-state index in [1.165, 1.54) is 17.7 Å². The summed E-state index contributed by atoms with van der Waals surface area (Å²) in [5, 5.41) is 6.75. The van der Waals surface area contributed by atoms with E-state index in [2.05, 4.69) is 65.5 Å². The largest absolute Gasteiger partial charge is 0.369 e. The molecular formula is C21H34N4O. The summed E-state index contributed by atoms with van der Waals surface area (Å²) in [5.74, 6) is 0.200. The normalized spacial score (nSPS) is 23.8. The van der Waals surface area contributed by atoms with Crippen LogP contribution < -0.4 is 15.5 Å². The van der Waals surface area contributed by atoms with Crippen molar-refractivity contribution in [3.8, 4) is 0 Å². The Morgan fingerprint density at radius 2 is 1.88 bits per heavy atom. The molecule has 0 unspecified atom stereocenters. The van der Waals surface area contributed by atoms with Crippen LogP contribution >= 0.6 is 0 Å². The fraction of sp³-hybridized carbons (Fsp3) is 0.667. The number of rotatable bonds is 7. The molecule has 144 valence electrons. The lowest BCUT2D eigenvalue weighted by molar-refractivity contribution is -0.123. The smallest absolute Gasteiger partial charge is 0.221 e. The van der Waals surface area contributed by atoms with E-state index in [0.29, 0.717) is 24.5 Å². The van der Waals surface area contributed by atoms with Gasteiger partial charge < -0.3 is 15.5 Å². The summed E-state index contributed by atoms with van der Waals surface area (Å²) < 4.78 is 0. The van der Waals surface area contributed by atoms with Gasteiger partial charge in [-0.25, -0.2) is 0 Å². The Morgan fingerprint density at radius 1 is 1.15 bits per heavy atom. The van der Waals surface area contributed by atoms with Crippen LogP contribution in [0.25, 0.3) is 0 Å². The summed E-state index contributed by atoms with van der Waals surface area (Å²) in [6.45, 7) is 11.5. The molecule has 1 saturated carbocycles. The minimum atomic E-state index is 0.200. The number of carbonyl (C=O) groups is 1. The van der Waals surface area contributed by atoms with Crippen LogP contribution in [0, 0.1) is 6.92 Å². The molecule has 26 heavy (non-hydrogen) atoms. The fourth-order valence-electron chi connectivity index (χ4n) is 3.89. The molecule has 0 spiro atoms. The number of benzene rings is 1. The van der Waals surface area contributed by atoms with Crippen molar-refractivity contribution >= 4 is 11.6 Å². The van der Waals surface area contributed by atoms with Crippen molar-refractivity contribution in [1.82, 2.24) is 15.5 Å². The van der Waals surface area contributed by atoms with Crippen LogP contribution in [0.4, 0.5) is 5.69 Å². The van der Waals surface area contributed by atoms with E-state index in [1.807, 2.05) is 0 Å². The quantitative estimate of drug-likeness (QED) is 0.784. The van der Waals surface area contributed by atoms with Crippen LogP contribution in [0.2, 0.25) is 0 Å². The second-order valence-electron chi connectivity index (χ2n) is 8.10. The van der Waals surface area contributed by atoms with E-state index in [1.54, 1.807) is 0 Å². The molecule has 1 aromatic rings. The second kappa shape index (κ2) is 8.87. The van der Waals surface area contributed by atoms with Crippen LogP contribution in [-0.4, -0.2) is 61.7 Å². The first-order chi connectivity index (χ1) is 12.5. The highest BCUT2D eigenvalue weighted by molar-refractivity contribution is 5.76. The van der Waals surface area contributed by atoms with Crippen molar-refractivity contribution in [2.45, 2.75) is 58.2 Å². The standard InChI is InChI=1S/C21H34N4O/c1-16(2)22-19-7-8-20(19)23-21(26)9-10-24-11-13-25(14-12-24)18-6-4-5-17(3)15-18/h4-6,15-16,19-20,22H,7-14H2,1-3H3,(H,23,26)/t19-,20+/m0/s1. The highest BCUT2D eigenvalue weighted by Crippen LogP contribution is 2.21. The summed E-state index contributed by atoms with van der Waals surface area (Å²) in [7, 11) is 0. The molecule has 5 heteroatoms. The van der Waals surface area contributed by atoms with E-state index >= 15 is 0 Å². The second-order valence-corrected chi connectivity index (χ2v) is 8.10. The summed E-state index contributed by atoms with van der Waals surface area (Å²) >= 11 is 0. The highest BCUT2D eigenvalue weighted by Gasteiger charge is 2.32. The Hall–Kier alpha value is -1.59. The predicted octanol–water partition coefficient (Wildman–Crippen LogP) is 2.15. The third kappa shape index (κ3) is 5.21. The molecule has 0 bridgehead atoms. The van der Waals surface area contributed by atoms with Gasteiger partial charge in [-0.3, -0.25) is 9.69 Å². The van der Waals surface area contributed by atoms with Crippen molar-refractivity contribution in [1.29, 1.82) is 0 Å². The molecule has 1 saturated heterocycles. The molecule has 0 radical (unpaired) electrons. The van der Waals surface area contributed by atoms with E-state index < -0.39 is 0 Å². The molecule has 1 heterocycles. The van der Waals surface area contributed by atoms with Crippen molar-refractivity contribution in [2.75, 3.05) is 37.6 Å². The lowest BCUT2D eigenvalue weighted by Gasteiger charge is -2.39. The van der Waals surface area contributed by atoms with Crippen LogP contribution in [0.5, 0.6) is 0 Å². The van der Waals surface area contributed by atoms with Crippen molar-refractivity contribution in [2.24, 2.45) is 0 Å². The minimum absolute atomic E-state index is 0.200. The number of hydrogen-bond donors (Lipinski definition) is 2. The van der Waals surface area contributed by atoms with Gasteiger partial charge in [-0.15, -0.1) is 0 Å². The number of anilines is 1. The maximum Gasteiger partial charge on any atom is 0.221 e. The summed E-state index contributed by atoms with van der Waals surface area (Å²) in [4.78, 5) is 17.1. The average molecular weight is 359 g/mol. The summed E-state index contributed by atoms with van der Waals surface area (Å²) in [5.41, 5.74) is 2.62. The maximum atomic E-state index is 12.3. The number of hydrogen-bond acceptors (Lipinski definition) is 4. The molecule has 1 aromatic carbocycles. The number of nitrogens with zero attached hydrogens (tertiary/aromatic N) is 2. The van der Waals surface area contributed by atoms with Gasteiger partial charge in [-0.05, 0) is 37.5 Å². The molecule has 1 aliphatic carbocycles. The first-order valence-electron chi connectivity index (χ1n) is 10.1. The monoisotopic (exact) mass is 358 g/mol. The number of carbonyl (C=O) groups excluding carboxylic acids is 1. The zero-order valence-corrected chi connectivity index (χ0v) is 16.5. The lowest BCUT2D eigenvalue weighted by Crippen LogP contribution is -2.58. The topological polar surface area (TPSA) is 47.6 Å². The van der Waals surface area contributed by atoms with Crippen LogP contribution in [0.3, 0.4) is 0 Å². The van der Waals surface area contributed by atoms with Gasteiger partial charge in [0.1, 0.15) is 0 Å². The summed E-state index contributed by atoms with van der Waals surface area (Å²) in [6.07, 6.45) is 2.88. The Morgan fingerprint density at radius 3 is 2.50 bits per heavy atom. The van der Waals surface area contributed by atoms with Crippen molar-refractivity contribution in [3.63, 3.8) is 0 Å². The highest BCUT2D eigenvalue weighted by atomic mass is 16.1. The molecule has 0 aromatic heterocycles. The molecule has 2 N–H and O–H groups in total. The van der Waals surface area contributed by atoms with Crippen LogP contribution in [0.1, 0.15) is 38.7 Å². The summed E-state index contributed by atoms with van der Waals surface area (Å²) in [6, 6.07) is 9.97. The fourth-order valence-corrected chi connectivity index (χ4v) is 3.89. The van der Waals surface area contributed by atoms with E-state index in [4.69, 9.17) is 0 Å². The maximum absolute atomic E-state index is 12.3. The van der Waals surface area contributed by atoms with Gasteiger partial charge in [0.15, 0.2) is 0 Å². The molecule has 5 nitrogen and oxygen atoms in total.